The van der Waals surface area contributed by atoms with E-state index in [9.17, 15) is 13.2 Å². The van der Waals surface area contributed by atoms with Crippen molar-refractivity contribution in [3.63, 3.8) is 0 Å². The zero-order valence-electron chi connectivity index (χ0n) is 9.59. The van der Waals surface area contributed by atoms with Gasteiger partial charge in [-0.05, 0) is 6.92 Å². The van der Waals surface area contributed by atoms with Crippen molar-refractivity contribution in [2.24, 2.45) is 5.92 Å². The van der Waals surface area contributed by atoms with Gasteiger partial charge < -0.3 is 0 Å². The van der Waals surface area contributed by atoms with E-state index in [4.69, 9.17) is 0 Å². The van der Waals surface area contributed by atoms with Gasteiger partial charge in [0.15, 0.2) is 9.84 Å². The summed E-state index contributed by atoms with van der Waals surface area (Å²) in [6.07, 6.45) is 2.28. The fraction of sp³-hybridized carbons (Fsp3) is 0.727. The molecule has 2 rings (SSSR count). The smallest absolute Gasteiger partial charge is 0.173 e. The van der Waals surface area contributed by atoms with E-state index < -0.39 is 9.84 Å². The molecule has 1 fully saturated rings. The van der Waals surface area contributed by atoms with Crippen LogP contribution in [0.3, 0.4) is 0 Å². The van der Waals surface area contributed by atoms with Crippen molar-refractivity contribution in [3.05, 3.63) is 11.5 Å². The van der Waals surface area contributed by atoms with E-state index >= 15 is 0 Å². The number of likely N-dealkylation sites (tertiary alicyclic amines) is 1. The second-order valence-electron chi connectivity index (χ2n) is 4.71. The predicted molar refractivity (Wildman–Crippen MR) is 61.7 cm³/mol. The van der Waals surface area contributed by atoms with E-state index in [2.05, 4.69) is 4.90 Å². The number of sulfone groups is 1. The normalized spacial score (nSPS) is 39.1. The molecule has 16 heavy (non-hydrogen) atoms. The van der Waals surface area contributed by atoms with Crippen LogP contribution in [0.5, 0.6) is 0 Å². The molecule has 0 saturated carbocycles. The summed E-state index contributed by atoms with van der Waals surface area (Å²) in [5.74, 6) is 0.456. The number of nitrogens with zero attached hydrogens (tertiary/aromatic N) is 1. The second kappa shape index (κ2) is 3.96. The van der Waals surface area contributed by atoms with Crippen LogP contribution in [0.2, 0.25) is 0 Å². The number of carbonyl (C=O) groups is 1. The molecule has 3 unspecified atom stereocenters. The number of hydrogen-bond donors (Lipinski definition) is 0. The fourth-order valence-electron chi connectivity index (χ4n) is 2.46. The molecule has 4 nitrogen and oxygen atoms in total. The predicted octanol–water partition coefficient (Wildman–Crippen LogP) is 0.597. The van der Waals surface area contributed by atoms with Gasteiger partial charge in [-0.3, -0.25) is 9.69 Å². The van der Waals surface area contributed by atoms with Gasteiger partial charge in [-0.2, -0.15) is 0 Å². The fourth-order valence-corrected chi connectivity index (χ4v) is 3.77. The second-order valence-corrected chi connectivity index (χ2v) is 6.64. The summed E-state index contributed by atoms with van der Waals surface area (Å²) >= 11 is 0. The van der Waals surface area contributed by atoms with Crippen LogP contribution in [0.1, 0.15) is 20.3 Å². The van der Waals surface area contributed by atoms with Gasteiger partial charge in [0.2, 0.25) is 0 Å². The minimum absolute atomic E-state index is 0.00505. The lowest BCUT2D eigenvalue weighted by atomic mass is 9.89. The van der Waals surface area contributed by atoms with Crippen molar-refractivity contribution in [2.75, 3.05) is 12.3 Å². The third-order valence-corrected chi connectivity index (χ3v) is 5.09. The van der Waals surface area contributed by atoms with Gasteiger partial charge in [-0.25, -0.2) is 8.42 Å². The summed E-state index contributed by atoms with van der Waals surface area (Å²) in [7, 11) is -3.01. The SMILES string of the molecule is CC1C(=O)CCN(C2C=CS(=O)(=O)C2)C1C. The number of carbonyl (C=O) groups excluding carboxylic acids is 1. The van der Waals surface area contributed by atoms with E-state index in [0.29, 0.717) is 13.0 Å². The molecule has 0 aromatic rings. The van der Waals surface area contributed by atoms with Crippen LogP contribution in [0, 0.1) is 5.92 Å². The molecule has 0 aliphatic carbocycles. The lowest BCUT2D eigenvalue weighted by molar-refractivity contribution is -0.128. The molecule has 0 bridgehead atoms. The molecule has 2 aliphatic rings. The Balaban J connectivity index is 2.12. The maximum absolute atomic E-state index is 11.5. The third-order valence-electron chi connectivity index (χ3n) is 3.71. The highest BCUT2D eigenvalue weighted by Crippen LogP contribution is 2.25. The van der Waals surface area contributed by atoms with E-state index in [1.165, 1.54) is 5.41 Å². The minimum atomic E-state index is -3.01. The summed E-state index contributed by atoms with van der Waals surface area (Å²) < 4.78 is 22.7. The van der Waals surface area contributed by atoms with Gasteiger partial charge in [-0.15, -0.1) is 0 Å². The highest BCUT2D eigenvalue weighted by molar-refractivity contribution is 7.94. The van der Waals surface area contributed by atoms with E-state index in [-0.39, 0.29) is 29.5 Å². The average molecular weight is 243 g/mol. The first kappa shape index (κ1) is 11.8. The molecular formula is C11H17NO3S. The molecule has 0 radical (unpaired) electrons. The van der Waals surface area contributed by atoms with Crippen molar-refractivity contribution in [3.8, 4) is 0 Å². The third kappa shape index (κ3) is 2.06. The Morgan fingerprint density at radius 3 is 2.62 bits per heavy atom. The average Bonchev–Trinajstić information content (AvgIpc) is 2.55. The Labute approximate surface area is 96.2 Å². The molecule has 3 atom stereocenters. The maximum Gasteiger partial charge on any atom is 0.173 e. The lowest BCUT2D eigenvalue weighted by Gasteiger charge is -2.39. The van der Waals surface area contributed by atoms with Crippen LogP contribution in [0.25, 0.3) is 0 Å². The summed E-state index contributed by atoms with van der Waals surface area (Å²) in [6, 6.07) is 0.0831. The molecule has 2 heterocycles. The Bertz CT molecular complexity index is 427. The highest BCUT2D eigenvalue weighted by atomic mass is 32.2. The largest absolute Gasteiger partial charge is 0.299 e. The molecule has 0 aromatic carbocycles. The zero-order chi connectivity index (χ0) is 11.9. The molecule has 0 amide bonds. The Hall–Kier alpha value is -0.680. The topological polar surface area (TPSA) is 54.5 Å². The van der Waals surface area contributed by atoms with E-state index in [0.717, 1.165) is 0 Å². The first-order valence-corrected chi connectivity index (χ1v) is 7.32. The van der Waals surface area contributed by atoms with Gasteiger partial charge in [0.1, 0.15) is 5.78 Å². The van der Waals surface area contributed by atoms with Crippen molar-refractivity contribution in [2.45, 2.75) is 32.4 Å². The van der Waals surface area contributed by atoms with Gasteiger partial charge >= 0.3 is 0 Å². The Morgan fingerprint density at radius 1 is 1.38 bits per heavy atom. The van der Waals surface area contributed by atoms with Crippen LogP contribution >= 0.6 is 0 Å². The summed E-state index contributed by atoms with van der Waals surface area (Å²) in [5.41, 5.74) is 0. The quantitative estimate of drug-likeness (QED) is 0.676. The van der Waals surface area contributed by atoms with Crippen LogP contribution in [-0.2, 0) is 14.6 Å². The molecule has 0 spiro atoms. The first-order valence-electron chi connectivity index (χ1n) is 5.60. The molecule has 0 N–H and O–H groups in total. The Kier molecular flexibility index (Phi) is 2.92. The number of rotatable bonds is 1. The first-order chi connectivity index (χ1) is 7.41. The molecular weight excluding hydrogens is 226 g/mol. The summed E-state index contributed by atoms with van der Waals surface area (Å²) in [5, 5.41) is 1.30. The van der Waals surface area contributed by atoms with Crippen LogP contribution in [0.15, 0.2) is 11.5 Å². The van der Waals surface area contributed by atoms with Gasteiger partial charge in [0, 0.05) is 36.4 Å². The molecule has 5 heteroatoms. The molecule has 2 aliphatic heterocycles. The maximum atomic E-state index is 11.5. The highest BCUT2D eigenvalue weighted by Gasteiger charge is 2.37. The summed E-state index contributed by atoms with van der Waals surface area (Å²) in [6.45, 7) is 4.60. The molecule has 1 saturated heterocycles. The van der Waals surface area contributed by atoms with Crippen LogP contribution < -0.4 is 0 Å². The standard InChI is InChI=1S/C11H17NO3S/c1-8-9(2)12(5-3-11(8)13)10-4-6-16(14,15)7-10/h4,6,8-10H,3,5,7H2,1-2H3. The van der Waals surface area contributed by atoms with E-state index in [1.54, 1.807) is 6.08 Å². The van der Waals surface area contributed by atoms with Crippen molar-refractivity contribution in [1.29, 1.82) is 0 Å². The van der Waals surface area contributed by atoms with Crippen molar-refractivity contribution < 1.29 is 13.2 Å². The Morgan fingerprint density at radius 2 is 2.06 bits per heavy atom. The van der Waals surface area contributed by atoms with Gasteiger partial charge in [-0.1, -0.05) is 13.0 Å². The monoisotopic (exact) mass is 243 g/mol. The molecule has 90 valence electrons. The van der Waals surface area contributed by atoms with Gasteiger partial charge in [0.25, 0.3) is 0 Å². The number of hydrogen-bond acceptors (Lipinski definition) is 4. The number of piperidine rings is 1. The number of ketones is 1. The van der Waals surface area contributed by atoms with Crippen LogP contribution in [-0.4, -0.2) is 43.5 Å². The lowest BCUT2D eigenvalue weighted by Crippen LogP contribution is -2.51. The van der Waals surface area contributed by atoms with Gasteiger partial charge in [0.05, 0.1) is 5.75 Å². The summed E-state index contributed by atoms with van der Waals surface area (Å²) in [4.78, 5) is 13.7. The van der Waals surface area contributed by atoms with Crippen molar-refractivity contribution >= 4 is 15.6 Å². The van der Waals surface area contributed by atoms with Crippen molar-refractivity contribution in [1.82, 2.24) is 4.90 Å². The number of Topliss-reactive ketones (excluding diaryl/α,β-unsaturated/α-hetero) is 1. The zero-order valence-corrected chi connectivity index (χ0v) is 10.4. The minimum Gasteiger partial charge on any atom is -0.299 e. The molecule has 0 aromatic heterocycles. The van der Waals surface area contributed by atoms with E-state index in [1.807, 2.05) is 13.8 Å². The van der Waals surface area contributed by atoms with Crippen LogP contribution in [0.4, 0.5) is 0 Å².